The minimum Gasteiger partial charge on any atom is -0.477 e. The Morgan fingerprint density at radius 1 is 1.00 bits per heavy atom. The van der Waals surface area contributed by atoms with Gasteiger partial charge in [0.05, 0.1) is 16.9 Å². The van der Waals surface area contributed by atoms with Gasteiger partial charge >= 0.3 is 5.97 Å². The fourth-order valence-electron chi connectivity index (χ4n) is 4.52. The number of benzene rings is 3. The lowest BCUT2D eigenvalue weighted by Gasteiger charge is -2.21. The summed E-state index contributed by atoms with van der Waals surface area (Å²) in [5, 5.41) is 9.30. The molecule has 1 aliphatic rings. The Balaban J connectivity index is 1.54. The highest BCUT2D eigenvalue weighted by atomic mass is 32.2. The monoisotopic (exact) mass is 510 g/mol. The number of aromatic carboxylic acids is 1. The number of pyridine rings is 1. The van der Waals surface area contributed by atoms with Crippen molar-refractivity contribution < 1.29 is 23.1 Å². The largest absolute Gasteiger partial charge is 0.477 e. The number of anilines is 1. The van der Waals surface area contributed by atoms with Gasteiger partial charge in [-0.3, -0.25) is 4.79 Å². The van der Waals surface area contributed by atoms with Crippen LogP contribution in [0.1, 0.15) is 16.8 Å². The number of hydrogen-bond acceptors (Lipinski definition) is 4. The highest BCUT2D eigenvalue weighted by molar-refractivity contribution is 7.99. The summed E-state index contributed by atoms with van der Waals surface area (Å²) in [5.74, 6) is -2.75. The minimum absolute atomic E-state index is 0.133. The van der Waals surface area contributed by atoms with Gasteiger partial charge in [-0.1, -0.05) is 18.2 Å². The van der Waals surface area contributed by atoms with E-state index in [1.54, 1.807) is 11.8 Å². The second kappa shape index (κ2) is 9.73. The van der Waals surface area contributed by atoms with Crippen molar-refractivity contribution in [1.82, 2.24) is 4.57 Å². The molecule has 0 spiro atoms. The maximum Gasteiger partial charge on any atom is 0.341 e. The molecule has 1 atom stereocenters. The van der Waals surface area contributed by atoms with Gasteiger partial charge in [-0.25, -0.2) is 18.0 Å². The number of fused-ring (bicyclic) bond motifs is 1. The fraction of sp³-hybridized carbons (Fsp3) is 0.185. The number of carbonyl (C=O) groups is 1. The number of rotatable bonds is 6. The lowest BCUT2D eigenvalue weighted by molar-refractivity contribution is 0.0695. The molecule has 2 heterocycles. The SMILES string of the molecule is O=C(O)c1cn(-c2ccc(F)cc2F)c2cc(N3CCC(CSc4ccccc4)C3)c(F)cc2c1=O. The Morgan fingerprint density at radius 3 is 2.47 bits per heavy atom. The number of hydrogen-bond donors (Lipinski definition) is 1. The minimum atomic E-state index is -1.53. The molecule has 36 heavy (non-hydrogen) atoms. The number of carboxylic acids is 1. The summed E-state index contributed by atoms with van der Waals surface area (Å²) in [6.07, 6.45) is 1.85. The quantitative estimate of drug-likeness (QED) is 0.336. The van der Waals surface area contributed by atoms with E-state index in [0.29, 0.717) is 25.1 Å². The molecule has 5 rings (SSSR count). The van der Waals surface area contributed by atoms with Crippen molar-refractivity contribution in [3.8, 4) is 5.69 Å². The number of nitrogens with zero attached hydrogens (tertiary/aromatic N) is 2. The standard InChI is InChI=1S/C27H21F3N2O3S/c28-17-6-7-23(21(29)10-17)32-14-20(27(34)35)26(33)19-11-22(30)25(12-24(19)32)31-9-8-16(13-31)15-36-18-4-2-1-3-5-18/h1-7,10-12,14,16H,8-9,13,15H2,(H,34,35). The van der Waals surface area contributed by atoms with Crippen LogP contribution in [0.5, 0.6) is 0 Å². The summed E-state index contributed by atoms with van der Waals surface area (Å²) < 4.78 is 44.6. The van der Waals surface area contributed by atoms with Crippen molar-refractivity contribution in [2.24, 2.45) is 5.92 Å². The molecule has 1 aromatic heterocycles. The van der Waals surface area contributed by atoms with E-state index in [1.165, 1.54) is 6.07 Å². The smallest absolute Gasteiger partial charge is 0.341 e. The highest BCUT2D eigenvalue weighted by Gasteiger charge is 2.26. The average Bonchev–Trinajstić information content (AvgIpc) is 3.33. The summed E-state index contributed by atoms with van der Waals surface area (Å²) in [6, 6.07) is 15.3. The van der Waals surface area contributed by atoms with Gasteiger partial charge < -0.3 is 14.6 Å². The van der Waals surface area contributed by atoms with Crippen molar-refractivity contribution >= 4 is 34.3 Å². The predicted octanol–water partition coefficient (Wildman–Crippen LogP) is 5.72. The Morgan fingerprint density at radius 2 is 1.75 bits per heavy atom. The van der Waals surface area contributed by atoms with Crippen LogP contribution in [0.3, 0.4) is 0 Å². The van der Waals surface area contributed by atoms with Crippen LogP contribution in [-0.4, -0.2) is 34.5 Å². The summed E-state index contributed by atoms with van der Waals surface area (Å²) in [7, 11) is 0. The number of aromatic nitrogens is 1. The van der Waals surface area contributed by atoms with Gasteiger partial charge in [0.15, 0.2) is 0 Å². The van der Waals surface area contributed by atoms with Crippen molar-refractivity contribution in [3.05, 3.63) is 100 Å². The van der Waals surface area contributed by atoms with E-state index >= 15 is 4.39 Å². The molecule has 0 saturated carbocycles. The first-order valence-corrected chi connectivity index (χ1v) is 12.3. The van der Waals surface area contributed by atoms with Crippen LogP contribution in [0, 0.1) is 23.4 Å². The van der Waals surface area contributed by atoms with Crippen LogP contribution in [0.25, 0.3) is 16.6 Å². The maximum atomic E-state index is 15.3. The molecule has 1 aliphatic heterocycles. The van der Waals surface area contributed by atoms with Gasteiger partial charge in [-0.05, 0) is 48.7 Å². The van der Waals surface area contributed by atoms with Crippen LogP contribution < -0.4 is 10.3 Å². The normalized spacial score (nSPS) is 15.5. The van der Waals surface area contributed by atoms with Crippen molar-refractivity contribution in [3.63, 3.8) is 0 Å². The third-order valence-corrected chi connectivity index (χ3v) is 7.57. The van der Waals surface area contributed by atoms with E-state index in [-0.39, 0.29) is 22.3 Å². The fourth-order valence-corrected chi connectivity index (χ4v) is 5.57. The van der Waals surface area contributed by atoms with Gasteiger partial charge in [0.1, 0.15) is 23.0 Å². The zero-order chi connectivity index (χ0) is 25.4. The van der Waals surface area contributed by atoms with Gasteiger partial charge in [-0.2, -0.15) is 0 Å². The molecule has 4 aromatic rings. The summed E-state index contributed by atoms with van der Waals surface area (Å²) >= 11 is 1.74. The third kappa shape index (κ3) is 4.58. The Labute approximate surface area is 208 Å². The van der Waals surface area contributed by atoms with Crippen molar-refractivity contribution in [2.45, 2.75) is 11.3 Å². The zero-order valence-electron chi connectivity index (χ0n) is 19.0. The molecule has 9 heteroatoms. The van der Waals surface area contributed by atoms with Crippen LogP contribution in [0.4, 0.5) is 18.9 Å². The Bertz CT molecular complexity index is 1520. The van der Waals surface area contributed by atoms with E-state index in [9.17, 15) is 23.5 Å². The summed E-state index contributed by atoms with van der Waals surface area (Å²) in [5.41, 5.74) is -1.29. The van der Waals surface area contributed by atoms with E-state index < -0.39 is 34.4 Å². The predicted molar refractivity (Wildman–Crippen MR) is 134 cm³/mol. The van der Waals surface area contributed by atoms with Crippen LogP contribution in [0.15, 0.2) is 76.6 Å². The first-order valence-electron chi connectivity index (χ1n) is 11.3. The topological polar surface area (TPSA) is 62.5 Å². The second-order valence-electron chi connectivity index (χ2n) is 8.69. The third-order valence-electron chi connectivity index (χ3n) is 6.33. The number of halogens is 3. The Hall–Kier alpha value is -3.72. The average molecular weight is 511 g/mol. The summed E-state index contributed by atoms with van der Waals surface area (Å²) in [6.45, 7) is 1.20. The van der Waals surface area contributed by atoms with E-state index in [1.807, 2.05) is 35.2 Å². The molecule has 1 N–H and O–H groups in total. The van der Waals surface area contributed by atoms with Gasteiger partial charge in [0, 0.05) is 41.4 Å². The molecule has 1 saturated heterocycles. The van der Waals surface area contributed by atoms with Crippen molar-refractivity contribution in [2.75, 3.05) is 23.7 Å². The van der Waals surface area contributed by atoms with Crippen molar-refractivity contribution in [1.29, 1.82) is 0 Å². The summed E-state index contributed by atoms with van der Waals surface area (Å²) in [4.78, 5) is 27.5. The first kappa shape index (κ1) is 24.0. The molecule has 0 bridgehead atoms. The lowest BCUT2D eigenvalue weighted by Crippen LogP contribution is -2.23. The maximum absolute atomic E-state index is 15.3. The first-order chi connectivity index (χ1) is 17.3. The molecule has 1 fully saturated rings. The molecule has 0 aliphatic carbocycles. The van der Waals surface area contributed by atoms with Crippen LogP contribution >= 0.6 is 11.8 Å². The molecule has 0 amide bonds. The zero-order valence-corrected chi connectivity index (χ0v) is 19.8. The van der Waals surface area contributed by atoms with Gasteiger partial charge in [-0.15, -0.1) is 11.8 Å². The van der Waals surface area contributed by atoms with Gasteiger partial charge in [0.25, 0.3) is 0 Å². The molecule has 0 radical (unpaired) electrons. The molecular formula is C27H21F3N2O3S. The molecule has 3 aromatic carbocycles. The molecule has 5 nitrogen and oxygen atoms in total. The van der Waals surface area contributed by atoms with E-state index in [2.05, 4.69) is 0 Å². The lowest BCUT2D eigenvalue weighted by atomic mass is 10.1. The second-order valence-corrected chi connectivity index (χ2v) is 9.78. The number of carboxylic acid groups (broad SMARTS) is 1. The Kier molecular flexibility index (Phi) is 6.49. The van der Waals surface area contributed by atoms with E-state index in [4.69, 9.17) is 0 Å². The number of thioether (sulfide) groups is 1. The molecular weight excluding hydrogens is 489 g/mol. The van der Waals surface area contributed by atoms with Crippen LogP contribution in [0.2, 0.25) is 0 Å². The van der Waals surface area contributed by atoms with E-state index in [0.717, 1.165) is 46.0 Å². The van der Waals surface area contributed by atoms with Crippen LogP contribution in [-0.2, 0) is 0 Å². The molecule has 184 valence electrons. The van der Waals surface area contributed by atoms with Gasteiger partial charge in [0.2, 0.25) is 5.43 Å². The highest BCUT2D eigenvalue weighted by Crippen LogP contribution is 2.33. The molecule has 1 unspecified atom stereocenters.